The van der Waals surface area contributed by atoms with Crippen LogP contribution in [0.5, 0.6) is 0 Å². The largest absolute Gasteiger partial charge is 0.384 e. The zero-order valence-electron chi connectivity index (χ0n) is 20.8. The highest BCUT2D eigenvalue weighted by Crippen LogP contribution is 2.56. The first-order valence-corrected chi connectivity index (χ1v) is 12.6. The van der Waals surface area contributed by atoms with E-state index in [2.05, 4.69) is 25.5 Å². The summed E-state index contributed by atoms with van der Waals surface area (Å²) in [5.41, 5.74) is 1.15. The molecule has 4 aromatic rings. The van der Waals surface area contributed by atoms with Crippen LogP contribution in [0.2, 0.25) is 0 Å². The number of amides is 1. The van der Waals surface area contributed by atoms with Gasteiger partial charge in [-0.2, -0.15) is 10.1 Å². The molecular weight excluding hydrogens is 515 g/mol. The molecule has 2 aliphatic carbocycles. The van der Waals surface area contributed by atoms with Crippen LogP contribution in [0.4, 0.5) is 24.5 Å². The Morgan fingerprint density at radius 1 is 1.26 bits per heavy atom. The highest BCUT2D eigenvalue weighted by molar-refractivity contribution is 6.09. The summed E-state index contributed by atoms with van der Waals surface area (Å²) < 4.78 is 46.2. The minimum Gasteiger partial charge on any atom is -0.384 e. The second kappa shape index (κ2) is 8.25. The van der Waals surface area contributed by atoms with E-state index in [-0.39, 0.29) is 35.9 Å². The summed E-state index contributed by atoms with van der Waals surface area (Å²) in [4.78, 5) is 23.9. The van der Waals surface area contributed by atoms with Gasteiger partial charge in [-0.05, 0) is 44.4 Å². The number of anilines is 2. The maximum absolute atomic E-state index is 13.3. The van der Waals surface area contributed by atoms with Gasteiger partial charge in [0.1, 0.15) is 11.8 Å². The Kier molecular flexibility index (Phi) is 5.09. The van der Waals surface area contributed by atoms with Crippen LogP contribution in [-0.2, 0) is 0 Å². The molecule has 1 saturated heterocycles. The zero-order valence-corrected chi connectivity index (χ0v) is 20.8. The van der Waals surface area contributed by atoms with E-state index in [1.807, 2.05) is 17.0 Å². The molecule has 3 fully saturated rings. The van der Waals surface area contributed by atoms with Gasteiger partial charge in [0.15, 0.2) is 0 Å². The predicted molar refractivity (Wildman–Crippen MR) is 132 cm³/mol. The molecular formula is C26H24F3N7O3. The SMILES string of the molecule is Cc1ncc(-c2noc([C@H]3C[C@@H]3F)n2)cc1NC(=O)c1cnn2ccc(N3CC4(C3)CC(O)(C(F)F)C4)cc12. The highest BCUT2D eigenvalue weighted by atomic mass is 19.3. The number of alkyl halides is 3. The number of aryl methyl sites for hydroxylation is 1. The molecule has 10 nitrogen and oxygen atoms in total. The van der Waals surface area contributed by atoms with Gasteiger partial charge in [-0.3, -0.25) is 9.78 Å². The summed E-state index contributed by atoms with van der Waals surface area (Å²) in [6.07, 6.45) is 1.63. The number of nitrogens with one attached hydrogen (secondary N) is 1. The Hall–Kier alpha value is -4.00. The number of halogens is 3. The Morgan fingerprint density at radius 3 is 2.74 bits per heavy atom. The Labute approximate surface area is 219 Å². The lowest BCUT2D eigenvalue weighted by atomic mass is 9.55. The molecule has 2 saturated carbocycles. The predicted octanol–water partition coefficient (Wildman–Crippen LogP) is 3.76. The van der Waals surface area contributed by atoms with Gasteiger partial charge in [-0.15, -0.1) is 0 Å². The van der Waals surface area contributed by atoms with E-state index in [9.17, 15) is 23.1 Å². The summed E-state index contributed by atoms with van der Waals surface area (Å²) in [5, 5.41) is 21.0. The van der Waals surface area contributed by atoms with E-state index < -0.39 is 24.1 Å². The molecule has 0 radical (unpaired) electrons. The molecule has 0 aromatic carbocycles. The van der Waals surface area contributed by atoms with Crippen molar-refractivity contribution in [2.24, 2.45) is 5.41 Å². The normalized spacial score (nSPS) is 22.7. The maximum Gasteiger partial charge on any atom is 0.266 e. The molecule has 0 bridgehead atoms. The number of carbonyl (C=O) groups is 1. The van der Waals surface area contributed by atoms with Gasteiger partial charge in [0.25, 0.3) is 12.3 Å². The molecule has 4 aromatic heterocycles. The molecule has 2 atom stereocenters. The fourth-order valence-electron chi connectivity index (χ4n) is 5.81. The molecule has 3 aliphatic rings. The van der Waals surface area contributed by atoms with Crippen LogP contribution < -0.4 is 10.2 Å². The first-order chi connectivity index (χ1) is 18.6. The second-order valence-electron chi connectivity index (χ2n) is 11.0. The standard InChI is InChI=1S/C26H24F3N7O3/c1-13-19(4-14(7-30-13)21-33-23(39-34-21)16-6-18(16)27)32-22(37)17-8-31-36-3-2-15(5-20(17)36)35-11-25(12-35)9-26(38,10-25)24(28)29/h2-5,7-8,16,18,24,38H,6,9-12H2,1H3,(H,32,37)/t16-,18-/m0/s1. The molecule has 202 valence electrons. The minimum absolute atomic E-state index is 0.0886. The fourth-order valence-corrected chi connectivity index (χ4v) is 5.81. The number of fused-ring (bicyclic) bond motifs is 1. The van der Waals surface area contributed by atoms with Crippen LogP contribution >= 0.6 is 0 Å². The maximum atomic E-state index is 13.3. The van der Waals surface area contributed by atoms with E-state index in [4.69, 9.17) is 4.52 Å². The molecule has 2 N–H and O–H groups in total. The van der Waals surface area contributed by atoms with Crippen LogP contribution in [0, 0.1) is 12.3 Å². The van der Waals surface area contributed by atoms with Crippen molar-refractivity contribution < 1.29 is 27.6 Å². The van der Waals surface area contributed by atoms with Crippen LogP contribution in [0.15, 0.2) is 41.3 Å². The monoisotopic (exact) mass is 539 g/mol. The topological polar surface area (TPSA) is 122 Å². The van der Waals surface area contributed by atoms with E-state index in [0.29, 0.717) is 47.5 Å². The van der Waals surface area contributed by atoms with Gasteiger partial charge < -0.3 is 19.8 Å². The lowest BCUT2D eigenvalue weighted by Gasteiger charge is -2.62. The number of aliphatic hydroxyl groups is 1. The Bertz CT molecular complexity index is 1610. The van der Waals surface area contributed by atoms with Gasteiger partial charge in [-0.1, -0.05) is 5.16 Å². The number of hydrogen-bond donors (Lipinski definition) is 2. The number of hydrogen-bond acceptors (Lipinski definition) is 8. The summed E-state index contributed by atoms with van der Waals surface area (Å²) in [6.45, 7) is 2.88. The average Bonchev–Trinajstić information content (AvgIpc) is 3.25. The smallest absolute Gasteiger partial charge is 0.266 e. The van der Waals surface area contributed by atoms with Crippen LogP contribution in [0.1, 0.15) is 47.1 Å². The lowest BCUT2D eigenvalue weighted by molar-refractivity contribution is -0.209. The molecule has 13 heteroatoms. The molecule has 5 heterocycles. The summed E-state index contributed by atoms with van der Waals surface area (Å²) in [7, 11) is 0. The van der Waals surface area contributed by atoms with Crippen molar-refractivity contribution in [2.45, 2.75) is 50.3 Å². The molecule has 1 spiro atoms. The van der Waals surface area contributed by atoms with Crippen molar-refractivity contribution in [2.75, 3.05) is 23.3 Å². The number of nitrogens with zero attached hydrogens (tertiary/aromatic N) is 6. The van der Waals surface area contributed by atoms with Gasteiger partial charge >= 0.3 is 0 Å². The average molecular weight is 540 g/mol. The fraction of sp³-hybridized carbons (Fsp3) is 0.423. The number of aromatic nitrogens is 5. The highest BCUT2D eigenvalue weighted by Gasteiger charge is 2.63. The van der Waals surface area contributed by atoms with Gasteiger partial charge in [-0.25, -0.2) is 17.7 Å². The van der Waals surface area contributed by atoms with E-state index in [0.717, 1.165) is 5.69 Å². The van der Waals surface area contributed by atoms with Crippen LogP contribution in [0.3, 0.4) is 0 Å². The number of carbonyl (C=O) groups excluding carboxylic acids is 1. The lowest BCUT2D eigenvalue weighted by Crippen LogP contribution is -2.70. The van der Waals surface area contributed by atoms with Crippen molar-refractivity contribution in [3.05, 3.63) is 53.9 Å². The number of rotatable bonds is 6. The molecule has 0 unspecified atom stereocenters. The zero-order chi connectivity index (χ0) is 27.1. The van der Waals surface area contributed by atoms with Gasteiger partial charge in [0.2, 0.25) is 11.7 Å². The van der Waals surface area contributed by atoms with Crippen LogP contribution in [0.25, 0.3) is 16.9 Å². The van der Waals surface area contributed by atoms with Gasteiger partial charge in [0, 0.05) is 42.1 Å². The van der Waals surface area contributed by atoms with Crippen molar-refractivity contribution in [3.63, 3.8) is 0 Å². The van der Waals surface area contributed by atoms with E-state index in [1.54, 1.807) is 29.9 Å². The van der Waals surface area contributed by atoms with Crippen LogP contribution in [-0.4, -0.2) is 67.0 Å². The van der Waals surface area contributed by atoms with Crippen molar-refractivity contribution in [1.29, 1.82) is 0 Å². The van der Waals surface area contributed by atoms with Crippen molar-refractivity contribution in [3.8, 4) is 11.4 Å². The third-order valence-electron chi connectivity index (χ3n) is 8.00. The first kappa shape index (κ1) is 24.1. The quantitative estimate of drug-likeness (QED) is 0.380. The van der Waals surface area contributed by atoms with Gasteiger partial charge in [0.05, 0.1) is 34.6 Å². The molecule has 39 heavy (non-hydrogen) atoms. The Morgan fingerprint density at radius 2 is 2.03 bits per heavy atom. The molecule has 7 rings (SSSR count). The third kappa shape index (κ3) is 3.94. The molecule has 1 aliphatic heterocycles. The van der Waals surface area contributed by atoms with E-state index >= 15 is 0 Å². The minimum atomic E-state index is -2.74. The number of pyridine rings is 2. The Balaban J connectivity index is 1.08. The van der Waals surface area contributed by atoms with E-state index in [1.165, 1.54) is 6.20 Å². The second-order valence-corrected chi connectivity index (χ2v) is 11.0. The van der Waals surface area contributed by atoms with Crippen molar-refractivity contribution in [1.82, 2.24) is 24.7 Å². The summed E-state index contributed by atoms with van der Waals surface area (Å²) >= 11 is 0. The molecule has 1 amide bonds. The first-order valence-electron chi connectivity index (χ1n) is 12.6. The summed E-state index contributed by atoms with van der Waals surface area (Å²) in [6, 6.07) is 5.38. The van der Waals surface area contributed by atoms with Crippen molar-refractivity contribution >= 4 is 22.8 Å². The summed E-state index contributed by atoms with van der Waals surface area (Å²) in [5.74, 6) is -0.238. The third-order valence-corrected chi connectivity index (χ3v) is 8.00.